The number of aliphatic hydroxyl groups is 1. The maximum Gasteiger partial charge on any atom is 0.192 e. The molecule has 0 spiro atoms. The molecule has 2 aliphatic rings. The quantitative estimate of drug-likeness (QED) is 0.168. The monoisotopic (exact) mass is 628 g/mol. The third-order valence-electron chi connectivity index (χ3n) is 9.50. The number of hydrogen-bond acceptors (Lipinski definition) is 8. The summed E-state index contributed by atoms with van der Waals surface area (Å²) in [6.07, 6.45) is 3.72. The summed E-state index contributed by atoms with van der Waals surface area (Å²) in [6, 6.07) is 10.2. The molecule has 1 N–H and O–H groups in total. The van der Waals surface area contributed by atoms with E-state index in [1.54, 1.807) is 14.2 Å². The Balaban J connectivity index is 1.85. The van der Waals surface area contributed by atoms with Crippen LogP contribution in [0.5, 0.6) is 0 Å². The number of benzene rings is 1. The van der Waals surface area contributed by atoms with Gasteiger partial charge in [-0.05, 0) is 54.5 Å². The maximum atomic E-state index is 10.2. The number of thioether (sulfide) groups is 2. The van der Waals surface area contributed by atoms with Crippen molar-refractivity contribution in [2.24, 2.45) is 5.41 Å². The molecule has 0 aliphatic carbocycles. The number of aliphatic hydroxyl groups excluding tert-OH is 1. The van der Waals surface area contributed by atoms with Gasteiger partial charge in [-0.1, -0.05) is 65.0 Å². The van der Waals surface area contributed by atoms with E-state index < -0.39 is 14.1 Å². The average molecular weight is 629 g/mol. The summed E-state index contributed by atoms with van der Waals surface area (Å²) in [6.45, 7) is 17.4. The molecule has 0 unspecified atom stereocenters. The first-order valence-corrected chi connectivity index (χ1v) is 20.0. The highest BCUT2D eigenvalue weighted by atomic mass is 32.2. The molecular formula is C32H56O6S2Si. The van der Waals surface area contributed by atoms with Crippen molar-refractivity contribution < 1.29 is 28.5 Å². The third kappa shape index (κ3) is 8.76. The zero-order valence-corrected chi connectivity index (χ0v) is 29.6. The topological polar surface area (TPSA) is 66.4 Å². The lowest BCUT2D eigenvalue weighted by atomic mass is 9.77. The Morgan fingerprint density at radius 3 is 2.17 bits per heavy atom. The molecule has 2 heterocycles. The summed E-state index contributed by atoms with van der Waals surface area (Å²) in [5, 5.41) is 10.3. The summed E-state index contributed by atoms with van der Waals surface area (Å²) in [5.41, 5.74) is 0.932. The lowest BCUT2D eigenvalue weighted by Crippen LogP contribution is -2.57. The Hall–Kier alpha value is -0.103. The van der Waals surface area contributed by atoms with Gasteiger partial charge >= 0.3 is 0 Å². The van der Waals surface area contributed by atoms with E-state index in [4.69, 9.17) is 23.4 Å². The fraction of sp³-hybridized carbons (Fsp3) is 0.812. The van der Waals surface area contributed by atoms with Crippen molar-refractivity contribution in [2.75, 3.05) is 38.9 Å². The van der Waals surface area contributed by atoms with Gasteiger partial charge in [0.2, 0.25) is 0 Å². The van der Waals surface area contributed by atoms with Crippen LogP contribution in [0, 0.1) is 5.41 Å². The van der Waals surface area contributed by atoms with Gasteiger partial charge in [0.1, 0.15) is 0 Å². The molecule has 9 heteroatoms. The van der Waals surface area contributed by atoms with E-state index in [1.807, 2.05) is 18.2 Å². The van der Waals surface area contributed by atoms with Crippen molar-refractivity contribution in [1.82, 2.24) is 0 Å². The minimum absolute atomic E-state index is 0.0605. The van der Waals surface area contributed by atoms with Crippen LogP contribution in [-0.4, -0.2) is 80.5 Å². The predicted octanol–water partition coefficient (Wildman–Crippen LogP) is 7.50. The average Bonchev–Trinajstić information content (AvgIpc) is 2.93. The molecule has 1 aromatic rings. The first kappa shape index (κ1) is 35.4. The molecule has 2 aliphatic heterocycles. The van der Waals surface area contributed by atoms with Gasteiger partial charge in [0.15, 0.2) is 14.1 Å². The van der Waals surface area contributed by atoms with Gasteiger partial charge in [-0.25, -0.2) is 0 Å². The smallest absolute Gasteiger partial charge is 0.192 e. The first-order valence-electron chi connectivity index (χ1n) is 15.2. The highest BCUT2D eigenvalue weighted by Crippen LogP contribution is 2.60. The van der Waals surface area contributed by atoms with Crippen molar-refractivity contribution in [1.29, 1.82) is 0 Å². The zero-order valence-electron chi connectivity index (χ0n) is 27.0. The largest absolute Gasteiger partial charge is 0.413 e. The van der Waals surface area contributed by atoms with Crippen LogP contribution in [0.3, 0.4) is 0 Å². The van der Waals surface area contributed by atoms with Crippen LogP contribution in [0.25, 0.3) is 0 Å². The zero-order chi connectivity index (χ0) is 30.4. The fourth-order valence-corrected chi connectivity index (χ4v) is 11.1. The molecule has 3 atom stereocenters. The molecular weight excluding hydrogens is 573 g/mol. The second-order valence-corrected chi connectivity index (χ2v) is 21.5. The van der Waals surface area contributed by atoms with Crippen LogP contribution in [0.15, 0.2) is 30.3 Å². The van der Waals surface area contributed by atoms with Crippen molar-refractivity contribution in [3.05, 3.63) is 35.9 Å². The third-order valence-corrected chi connectivity index (χ3v) is 18.0. The minimum atomic E-state index is -2.07. The fourth-order valence-electron chi connectivity index (χ4n) is 5.75. The van der Waals surface area contributed by atoms with Crippen LogP contribution < -0.4 is 0 Å². The summed E-state index contributed by atoms with van der Waals surface area (Å²) < 4.78 is 32.0. The summed E-state index contributed by atoms with van der Waals surface area (Å²) in [4.78, 5) is 0. The van der Waals surface area contributed by atoms with E-state index >= 15 is 0 Å². The van der Waals surface area contributed by atoms with E-state index in [0.717, 1.165) is 23.5 Å². The maximum absolute atomic E-state index is 10.2. The molecule has 0 saturated carbocycles. The Morgan fingerprint density at radius 1 is 1.00 bits per heavy atom. The van der Waals surface area contributed by atoms with Gasteiger partial charge in [-0.2, -0.15) is 0 Å². The Bertz CT molecular complexity index is 913. The molecule has 0 amide bonds. The number of rotatable bonds is 14. The summed E-state index contributed by atoms with van der Waals surface area (Å²) in [5.74, 6) is 1.51. The van der Waals surface area contributed by atoms with Gasteiger partial charge in [0, 0.05) is 39.1 Å². The van der Waals surface area contributed by atoms with Crippen LogP contribution >= 0.6 is 23.5 Å². The Morgan fingerprint density at radius 2 is 1.61 bits per heavy atom. The highest BCUT2D eigenvalue weighted by molar-refractivity contribution is 8.18. The minimum Gasteiger partial charge on any atom is -0.413 e. The summed E-state index contributed by atoms with van der Waals surface area (Å²) in [7, 11) is 1.41. The molecule has 2 fully saturated rings. The lowest BCUT2D eigenvalue weighted by molar-refractivity contribution is -0.278. The molecule has 0 radical (unpaired) electrons. The second kappa shape index (κ2) is 14.8. The van der Waals surface area contributed by atoms with Gasteiger partial charge in [-0.3, -0.25) is 0 Å². The van der Waals surface area contributed by atoms with Gasteiger partial charge in [0.05, 0.1) is 35.6 Å². The van der Waals surface area contributed by atoms with E-state index in [2.05, 4.69) is 83.4 Å². The van der Waals surface area contributed by atoms with E-state index in [0.29, 0.717) is 32.5 Å². The second-order valence-electron chi connectivity index (χ2n) is 13.7. The highest BCUT2D eigenvalue weighted by Gasteiger charge is 2.56. The normalized spacial score (nSPS) is 24.2. The van der Waals surface area contributed by atoms with Crippen LogP contribution in [0.1, 0.15) is 72.3 Å². The van der Waals surface area contributed by atoms with E-state index in [-0.39, 0.29) is 39.5 Å². The number of ether oxygens (including phenoxy) is 4. The van der Waals surface area contributed by atoms with Gasteiger partial charge in [0.25, 0.3) is 0 Å². The molecule has 41 heavy (non-hydrogen) atoms. The predicted molar refractivity (Wildman–Crippen MR) is 175 cm³/mol. The van der Waals surface area contributed by atoms with Crippen LogP contribution in [0.2, 0.25) is 18.1 Å². The molecule has 2 saturated heterocycles. The number of hydrogen-bond donors (Lipinski definition) is 1. The molecule has 236 valence electrons. The molecule has 6 nitrogen and oxygen atoms in total. The van der Waals surface area contributed by atoms with Gasteiger partial charge in [-0.15, -0.1) is 23.5 Å². The van der Waals surface area contributed by atoms with Crippen molar-refractivity contribution >= 4 is 31.8 Å². The molecule has 1 aromatic carbocycles. The summed E-state index contributed by atoms with van der Waals surface area (Å²) >= 11 is 4.11. The number of methoxy groups -OCH3 is 2. The Kier molecular flexibility index (Phi) is 12.8. The lowest BCUT2D eigenvalue weighted by Gasteiger charge is -2.55. The van der Waals surface area contributed by atoms with E-state index in [9.17, 15) is 5.11 Å². The molecule has 3 rings (SSSR count). The van der Waals surface area contributed by atoms with Crippen molar-refractivity contribution in [3.63, 3.8) is 0 Å². The first-order chi connectivity index (χ1) is 19.2. The molecule has 0 aromatic heterocycles. The standard InChI is InChI=1S/C32H56O6S2Si/c1-29(2,3)41(8,9)38-28(16-17-33)30(4,5)32(39-18-13-19-40-32)22-26-20-31(34-6,35-7)21-27(37-26)24-36-23-25-14-11-10-12-15-25/h10-12,14-15,26-28,33H,13,16-24H2,1-9H3/t26-,27+,28-/m0/s1. The van der Waals surface area contributed by atoms with E-state index in [1.165, 1.54) is 6.42 Å². The molecule has 0 bridgehead atoms. The van der Waals surface area contributed by atoms with Crippen LogP contribution in [0.4, 0.5) is 0 Å². The van der Waals surface area contributed by atoms with Crippen molar-refractivity contribution in [3.8, 4) is 0 Å². The SMILES string of the molecule is COC1(OC)C[C@H](COCc2ccccc2)O[C@H](CC2(C(C)(C)[C@H](CCO)O[Si](C)(C)C(C)(C)C)SCCCS2)C1. The van der Waals surface area contributed by atoms with Crippen LogP contribution in [-0.2, 0) is 30.0 Å². The Labute approximate surface area is 259 Å². The van der Waals surface area contributed by atoms with Gasteiger partial charge < -0.3 is 28.5 Å². The van der Waals surface area contributed by atoms with Crippen molar-refractivity contribution in [2.45, 2.75) is 120 Å².